The third-order valence-electron chi connectivity index (χ3n) is 2.81. The van der Waals surface area contributed by atoms with Gasteiger partial charge >= 0.3 is 0 Å². The predicted octanol–water partition coefficient (Wildman–Crippen LogP) is 4.77. The Kier molecular flexibility index (Phi) is 4.99. The molecule has 0 amide bonds. The molecule has 2 nitrogen and oxygen atoms in total. The predicted molar refractivity (Wildman–Crippen MR) is 79.9 cm³/mol. The summed E-state index contributed by atoms with van der Waals surface area (Å²) in [7, 11) is 0. The van der Waals surface area contributed by atoms with Crippen LogP contribution in [0.25, 0.3) is 0 Å². The summed E-state index contributed by atoms with van der Waals surface area (Å²) in [4.78, 5) is 0. The van der Waals surface area contributed by atoms with Crippen molar-refractivity contribution in [1.29, 1.82) is 0 Å². The monoisotopic (exact) mass is 293 g/mol. The molecule has 20 heavy (non-hydrogen) atoms. The van der Waals surface area contributed by atoms with Crippen molar-refractivity contribution in [1.82, 2.24) is 5.32 Å². The molecule has 0 radical (unpaired) electrons. The molecule has 106 valence electrons. The number of hydrogen-bond donors (Lipinski definition) is 1. The van der Waals surface area contributed by atoms with E-state index in [-0.39, 0.29) is 10.8 Å². The Labute approximate surface area is 123 Å². The summed E-state index contributed by atoms with van der Waals surface area (Å²) in [6, 6.07) is 12.6. The highest BCUT2D eigenvalue weighted by atomic mass is 35.5. The van der Waals surface area contributed by atoms with E-state index in [4.69, 9.17) is 16.3 Å². The number of halogens is 2. The topological polar surface area (TPSA) is 21.3 Å². The first-order valence-electron chi connectivity index (χ1n) is 6.51. The van der Waals surface area contributed by atoms with Gasteiger partial charge in [0.25, 0.3) is 0 Å². The van der Waals surface area contributed by atoms with Gasteiger partial charge in [-0.15, -0.1) is 0 Å². The molecule has 0 aliphatic rings. The first kappa shape index (κ1) is 14.8. The zero-order valence-corrected chi connectivity index (χ0v) is 12.2. The lowest BCUT2D eigenvalue weighted by Gasteiger charge is -2.14. The summed E-state index contributed by atoms with van der Waals surface area (Å²) in [6.45, 7) is 4.80. The fraction of sp³-hybridized carbons (Fsp3) is 0.250. The highest BCUT2D eigenvalue weighted by molar-refractivity contribution is 6.30. The summed E-state index contributed by atoms with van der Waals surface area (Å²) >= 11 is 5.76. The molecular formula is C16H17ClFNO. The van der Waals surface area contributed by atoms with Gasteiger partial charge in [-0.2, -0.15) is 0 Å². The Hall–Kier alpha value is -1.58. The van der Waals surface area contributed by atoms with Crippen molar-refractivity contribution in [2.45, 2.75) is 26.4 Å². The van der Waals surface area contributed by atoms with Gasteiger partial charge in [0.15, 0.2) is 11.6 Å². The van der Waals surface area contributed by atoms with Crippen LogP contribution in [-0.2, 0) is 6.54 Å². The molecule has 0 bridgehead atoms. The van der Waals surface area contributed by atoms with Crippen LogP contribution in [0, 0.1) is 5.82 Å². The number of benzene rings is 2. The molecule has 0 atom stereocenters. The minimum absolute atomic E-state index is 0.0558. The summed E-state index contributed by atoms with van der Waals surface area (Å²) in [5.41, 5.74) is 0.973. The highest BCUT2D eigenvalue weighted by Crippen LogP contribution is 2.30. The molecule has 0 fully saturated rings. The molecule has 1 N–H and O–H groups in total. The van der Waals surface area contributed by atoms with Crippen LogP contribution in [0.3, 0.4) is 0 Å². The first-order chi connectivity index (χ1) is 9.58. The van der Waals surface area contributed by atoms with Crippen LogP contribution in [-0.4, -0.2) is 6.04 Å². The van der Waals surface area contributed by atoms with Crippen molar-refractivity contribution in [3.63, 3.8) is 0 Å². The molecule has 2 rings (SSSR count). The SMILES string of the molecule is CC(C)NCc1ccccc1Oc1cccc(Cl)c1F. The van der Waals surface area contributed by atoms with Gasteiger partial charge in [0, 0.05) is 18.2 Å². The van der Waals surface area contributed by atoms with Crippen LogP contribution < -0.4 is 10.1 Å². The van der Waals surface area contributed by atoms with Crippen molar-refractivity contribution in [3.05, 3.63) is 58.9 Å². The molecule has 4 heteroatoms. The van der Waals surface area contributed by atoms with Gasteiger partial charge in [0.1, 0.15) is 5.75 Å². The van der Waals surface area contributed by atoms with E-state index in [1.807, 2.05) is 24.3 Å². The van der Waals surface area contributed by atoms with E-state index in [1.165, 1.54) is 6.07 Å². The Morgan fingerprint density at radius 3 is 2.55 bits per heavy atom. The molecule has 0 spiro atoms. The van der Waals surface area contributed by atoms with Crippen molar-refractivity contribution in [2.75, 3.05) is 0 Å². The van der Waals surface area contributed by atoms with Crippen molar-refractivity contribution in [3.8, 4) is 11.5 Å². The molecule has 0 saturated heterocycles. The van der Waals surface area contributed by atoms with Crippen LogP contribution >= 0.6 is 11.6 Å². The third-order valence-corrected chi connectivity index (χ3v) is 3.10. The van der Waals surface area contributed by atoms with Gasteiger partial charge in [0.2, 0.25) is 0 Å². The van der Waals surface area contributed by atoms with E-state index < -0.39 is 5.82 Å². The van der Waals surface area contributed by atoms with Crippen molar-refractivity contribution >= 4 is 11.6 Å². The fourth-order valence-electron chi connectivity index (χ4n) is 1.74. The molecule has 0 saturated carbocycles. The second-order valence-corrected chi connectivity index (χ2v) is 5.20. The summed E-state index contributed by atoms with van der Waals surface area (Å²) in [6.07, 6.45) is 0. The smallest absolute Gasteiger partial charge is 0.184 e. The van der Waals surface area contributed by atoms with Crippen molar-refractivity contribution < 1.29 is 9.13 Å². The largest absolute Gasteiger partial charge is 0.454 e. The summed E-state index contributed by atoms with van der Waals surface area (Å²) < 4.78 is 19.5. The average molecular weight is 294 g/mol. The number of ether oxygens (including phenoxy) is 1. The van der Waals surface area contributed by atoms with E-state index in [2.05, 4.69) is 19.2 Å². The van der Waals surface area contributed by atoms with E-state index >= 15 is 0 Å². The zero-order chi connectivity index (χ0) is 14.5. The minimum atomic E-state index is -0.541. The minimum Gasteiger partial charge on any atom is -0.454 e. The maximum Gasteiger partial charge on any atom is 0.184 e. The van der Waals surface area contributed by atoms with E-state index in [1.54, 1.807) is 12.1 Å². The van der Waals surface area contributed by atoms with Gasteiger partial charge < -0.3 is 10.1 Å². The van der Waals surface area contributed by atoms with Gasteiger partial charge in [-0.05, 0) is 18.2 Å². The van der Waals surface area contributed by atoms with Crippen LogP contribution in [0.4, 0.5) is 4.39 Å². The number of para-hydroxylation sites is 1. The van der Waals surface area contributed by atoms with Gasteiger partial charge in [0.05, 0.1) is 5.02 Å². The van der Waals surface area contributed by atoms with Crippen LogP contribution in [0.2, 0.25) is 5.02 Å². The molecule has 0 unspecified atom stereocenters. The molecule has 2 aromatic carbocycles. The number of rotatable bonds is 5. The van der Waals surface area contributed by atoms with Gasteiger partial charge in [-0.1, -0.05) is 49.7 Å². The second kappa shape index (κ2) is 6.73. The average Bonchev–Trinajstić information content (AvgIpc) is 2.43. The van der Waals surface area contributed by atoms with Gasteiger partial charge in [-0.3, -0.25) is 0 Å². The van der Waals surface area contributed by atoms with Gasteiger partial charge in [-0.25, -0.2) is 4.39 Å². The molecule has 2 aromatic rings. The first-order valence-corrected chi connectivity index (χ1v) is 6.89. The quantitative estimate of drug-likeness (QED) is 0.857. The van der Waals surface area contributed by atoms with Crippen LogP contribution in [0.1, 0.15) is 19.4 Å². The lowest BCUT2D eigenvalue weighted by atomic mass is 10.2. The summed E-state index contributed by atoms with van der Waals surface area (Å²) in [5, 5.41) is 3.37. The molecule has 0 heterocycles. The third kappa shape index (κ3) is 3.71. The maximum atomic E-state index is 13.9. The fourth-order valence-corrected chi connectivity index (χ4v) is 1.91. The Morgan fingerprint density at radius 1 is 1.10 bits per heavy atom. The molecule has 0 aliphatic carbocycles. The molecular weight excluding hydrogens is 277 g/mol. The van der Waals surface area contributed by atoms with Crippen LogP contribution in [0.15, 0.2) is 42.5 Å². The van der Waals surface area contributed by atoms with Crippen molar-refractivity contribution in [2.24, 2.45) is 0 Å². The lowest BCUT2D eigenvalue weighted by Crippen LogP contribution is -2.22. The Bertz CT molecular complexity index is 586. The Morgan fingerprint density at radius 2 is 1.80 bits per heavy atom. The van der Waals surface area contributed by atoms with Crippen LogP contribution in [0.5, 0.6) is 11.5 Å². The van der Waals surface area contributed by atoms with E-state index in [9.17, 15) is 4.39 Å². The van der Waals surface area contributed by atoms with E-state index in [0.717, 1.165) is 5.56 Å². The normalized spacial score (nSPS) is 10.8. The second-order valence-electron chi connectivity index (χ2n) is 4.80. The number of nitrogens with one attached hydrogen (secondary N) is 1. The standard InChI is InChI=1S/C16H17ClFNO/c1-11(2)19-10-12-6-3-4-8-14(12)20-15-9-5-7-13(17)16(15)18/h3-9,11,19H,10H2,1-2H3. The highest BCUT2D eigenvalue weighted by Gasteiger charge is 2.10. The zero-order valence-electron chi connectivity index (χ0n) is 11.5. The Balaban J connectivity index is 2.22. The number of hydrogen-bond acceptors (Lipinski definition) is 2. The maximum absolute atomic E-state index is 13.9. The summed E-state index contributed by atoms with van der Waals surface area (Å²) in [5.74, 6) is 0.220. The lowest BCUT2D eigenvalue weighted by molar-refractivity contribution is 0.434. The van der Waals surface area contributed by atoms with E-state index in [0.29, 0.717) is 18.3 Å². The molecule has 0 aliphatic heterocycles. The molecule has 0 aromatic heterocycles.